The minimum atomic E-state index is -1.04. The van der Waals surface area contributed by atoms with E-state index in [1.807, 2.05) is 0 Å². The molecule has 0 unspecified atom stereocenters. The van der Waals surface area contributed by atoms with Gasteiger partial charge in [-0.1, -0.05) is 0 Å². The normalized spacial score (nSPS) is 10.9. The van der Waals surface area contributed by atoms with Gasteiger partial charge in [0.1, 0.15) is 0 Å². The lowest BCUT2D eigenvalue weighted by Gasteiger charge is -2.03. The molecule has 1 heterocycles. The van der Waals surface area contributed by atoms with Gasteiger partial charge in [-0.15, -0.1) is 0 Å². The van der Waals surface area contributed by atoms with E-state index in [-0.39, 0.29) is 0 Å². The van der Waals surface area contributed by atoms with Gasteiger partial charge in [-0.2, -0.15) is 0 Å². The summed E-state index contributed by atoms with van der Waals surface area (Å²) >= 11 is 0. The molecule has 1 aromatic carbocycles. The topological polar surface area (TPSA) is 79.4 Å². The zero-order valence-corrected chi connectivity index (χ0v) is 9.64. The van der Waals surface area contributed by atoms with Crippen LogP contribution in [0.15, 0.2) is 30.5 Å². The number of fused-ring (bicyclic) bond motifs is 1. The summed E-state index contributed by atoms with van der Waals surface area (Å²) in [6.07, 6.45) is 4.15. The largest absolute Gasteiger partial charge is 0.478 e. The van der Waals surface area contributed by atoms with Crippen LogP contribution in [0.5, 0.6) is 0 Å². The van der Waals surface area contributed by atoms with Gasteiger partial charge < -0.3 is 14.8 Å². The van der Waals surface area contributed by atoms with E-state index in [4.69, 9.17) is 9.84 Å². The first-order chi connectivity index (χ1) is 8.61. The molecule has 0 atom stereocenters. The molecule has 2 N–H and O–H groups in total. The maximum atomic E-state index is 11.6. The van der Waals surface area contributed by atoms with Gasteiger partial charge in [-0.05, 0) is 29.8 Å². The molecule has 0 aliphatic heterocycles. The molecule has 0 aliphatic rings. The van der Waals surface area contributed by atoms with E-state index in [2.05, 4.69) is 4.98 Å². The molecular weight excluding hydrogens is 234 g/mol. The number of carboxylic acid groups (broad SMARTS) is 1. The molecule has 0 saturated carbocycles. The number of benzene rings is 1. The van der Waals surface area contributed by atoms with Crippen molar-refractivity contribution in [1.82, 2.24) is 4.98 Å². The smallest absolute Gasteiger partial charge is 0.338 e. The maximum absolute atomic E-state index is 11.6. The van der Waals surface area contributed by atoms with Crippen LogP contribution in [0.3, 0.4) is 0 Å². The van der Waals surface area contributed by atoms with Crippen LogP contribution in [-0.2, 0) is 9.53 Å². The van der Waals surface area contributed by atoms with Gasteiger partial charge >= 0.3 is 11.9 Å². The van der Waals surface area contributed by atoms with Crippen LogP contribution in [0.25, 0.3) is 17.0 Å². The highest BCUT2D eigenvalue weighted by Gasteiger charge is 2.12. The summed E-state index contributed by atoms with van der Waals surface area (Å²) in [5, 5.41) is 9.33. The molecule has 18 heavy (non-hydrogen) atoms. The summed E-state index contributed by atoms with van der Waals surface area (Å²) in [6, 6.07) is 5.13. The highest BCUT2D eigenvalue weighted by Crippen LogP contribution is 2.21. The number of esters is 1. The van der Waals surface area contributed by atoms with Crippen molar-refractivity contribution in [2.24, 2.45) is 0 Å². The van der Waals surface area contributed by atoms with E-state index >= 15 is 0 Å². The number of aliphatic carboxylic acids is 1. The van der Waals surface area contributed by atoms with Crippen LogP contribution in [0, 0.1) is 0 Å². The van der Waals surface area contributed by atoms with Crippen LogP contribution >= 0.6 is 0 Å². The van der Waals surface area contributed by atoms with Crippen LogP contribution in [-0.4, -0.2) is 29.1 Å². The Bertz CT molecular complexity index is 639. The molecule has 92 valence electrons. The predicted molar refractivity (Wildman–Crippen MR) is 66.3 cm³/mol. The van der Waals surface area contributed by atoms with Crippen molar-refractivity contribution in [3.05, 3.63) is 41.6 Å². The van der Waals surface area contributed by atoms with Gasteiger partial charge in [0.05, 0.1) is 12.7 Å². The Morgan fingerprint density at radius 1 is 1.39 bits per heavy atom. The molecule has 2 rings (SSSR count). The van der Waals surface area contributed by atoms with Crippen LogP contribution in [0.1, 0.15) is 15.9 Å². The van der Waals surface area contributed by atoms with Crippen molar-refractivity contribution in [2.45, 2.75) is 0 Å². The standard InChI is InChI=1S/C13H11NO4/c1-18-13(17)10-6-8(2-3-12(15)16)7-11-9(10)4-5-14-11/h2-7,14H,1H3,(H,15,16). The molecule has 0 aliphatic carbocycles. The number of carbonyl (C=O) groups excluding carboxylic acids is 1. The average molecular weight is 245 g/mol. The summed E-state index contributed by atoms with van der Waals surface area (Å²) in [5.74, 6) is -1.49. The van der Waals surface area contributed by atoms with Gasteiger partial charge in [0.25, 0.3) is 0 Å². The summed E-state index contributed by atoms with van der Waals surface area (Å²) < 4.78 is 4.70. The lowest BCUT2D eigenvalue weighted by molar-refractivity contribution is -0.131. The summed E-state index contributed by atoms with van der Waals surface area (Å²) in [6.45, 7) is 0. The third kappa shape index (κ3) is 2.24. The van der Waals surface area contributed by atoms with Gasteiger partial charge in [0.15, 0.2) is 0 Å². The van der Waals surface area contributed by atoms with Crippen molar-refractivity contribution in [1.29, 1.82) is 0 Å². The van der Waals surface area contributed by atoms with Crippen molar-refractivity contribution >= 4 is 28.9 Å². The molecular formula is C13H11NO4. The number of methoxy groups -OCH3 is 1. The second-order valence-electron chi connectivity index (χ2n) is 3.67. The number of hydrogen-bond donors (Lipinski definition) is 2. The van der Waals surface area contributed by atoms with E-state index in [9.17, 15) is 9.59 Å². The Morgan fingerprint density at radius 2 is 2.17 bits per heavy atom. The fourth-order valence-corrected chi connectivity index (χ4v) is 1.73. The monoisotopic (exact) mass is 245 g/mol. The van der Waals surface area contributed by atoms with E-state index < -0.39 is 11.9 Å². The second kappa shape index (κ2) is 4.75. The Morgan fingerprint density at radius 3 is 2.83 bits per heavy atom. The molecule has 0 bridgehead atoms. The van der Waals surface area contributed by atoms with Gasteiger partial charge in [0, 0.05) is 23.2 Å². The quantitative estimate of drug-likeness (QED) is 0.640. The predicted octanol–water partition coefficient (Wildman–Crippen LogP) is 2.05. The van der Waals surface area contributed by atoms with Gasteiger partial charge in [0.2, 0.25) is 0 Å². The molecule has 0 amide bonds. The van der Waals surface area contributed by atoms with Gasteiger partial charge in [-0.3, -0.25) is 0 Å². The van der Waals surface area contributed by atoms with Crippen molar-refractivity contribution in [3.63, 3.8) is 0 Å². The minimum Gasteiger partial charge on any atom is -0.478 e. The number of hydrogen-bond acceptors (Lipinski definition) is 3. The number of aromatic nitrogens is 1. The first-order valence-corrected chi connectivity index (χ1v) is 5.22. The Balaban J connectivity index is 2.57. The number of carbonyl (C=O) groups is 2. The van der Waals surface area contributed by atoms with E-state index in [1.54, 1.807) is 24.4 Å². The fourth-order valence-electron chi connectivity index (χ4n) is 1.73. The zero-order valence-electron chi connectivity index (χ0n) is 9.64. The molecule has 5 nitrogen and oxygen atoms in total. The number of carboxylic acids is 1. The van der Waals surface area contributed by atoms with E-state index in [0.29, 0.717) is 11.1 Å². The first-order valence-electron chi connectivity index (χ1n) is 5.22. The highest BCUT2D eigenvalue weighted by atomic mass is 16.5. The molecule has 0 fully saturated rings. The Kier molecular flexibility index (Phi) is 3.14. The number of H-pyrrole nitrogens is 1. The maximum Gasteiger partial charge on any atom is 0.338 e. The third-order valence-corrected chi connectivity index (χ3v) is 2.51. The molecule has 0 spiro atoms. The Hall–Kier alpha value is -2.56. The van der Waals surface area contributed by atoms with Crippen LogP contribution < -0.4 is 0 Å². The van der Waals surface area contributed by atoms with E-state index in [1.165, 1.54) is 13.2 Å². The summed E-state index contributed by atoms with van der Waals surface area (Å²) in [4.78, 5) is 25.1. The second-order valence-corrected chi connectivity index (χ2v) is 3.67. The van der Waals surface area contributed by atoms with Crippen molar-refractivity contribution in [3.8, 4) is 0 Å². The lowest BCUT2D eigenvalue weighted by atomic mass is 10.1. The number of rotatable bonds is 3. The number of ether oxygens (including phenoxy) is 1. The van der Waals surface area contributed by atoms with Gasteiger partial charge in [-0.25, -0.2) is 9.59 Å². The minimum absolute atomic E-state index is 0.404. The highest BCUT2D eigenvalue weighted by molar-refractivity contribution is 6.04. The van der Waals surface area contributed by atoms with Crippen LogP contribution in [0.2, 0.25) is 0 Å². The SMILES string of the molecule is COC(=O)c1cc(C=CC(=O)O)cc2[nH]ccc12. The molecule has 5 heteroatoms. The zero-order chi connectivity index (χ0) is 13.1. The molecule has 0 radical (unpaired) electrons. The molecule has 2 aromatic rings. The van der Waals surface area contributed by atoms with Crippen LogP contribution in [0.4, 0.5) is 0 Å². The first kappa shape index (κ1) is 11.9. The Labute approximate surface area is 103 Å². The van der Waals surface area contributed by atoms with E-state index in [0.717, 1.165) is 17.0 Å². The molecule has 1 aromatic heterocycles. The number of nitrogens with one attached hydrogen (secondary N) is 1. The van der Waals surface area contributed by atoms with Crippen molar-refractivity contribution < 1.29 is 19.4 Å². The number of aromatic amines is 1. The fraction of sp³-hybridized carbons (Fsp3) is 0.0769. The lowest BCUT2D eigenvalue weighted by Crippen LogP contribution is -2.02. The third-order valence-electron chi connectivity index (χ3n) is 2.51. The van der Waals surface area contributed by atoms with Crippen molar-refractivity contribution in [2.75, 3.05) is 7.11 Å². The average Bonchev–Trinajstić information content (AvgIpc) is 2.82. The molecule has 0 saturated heterocycles. The summed E-state index contributed by atoms with van der Waals surface area (Å²) in [7, 11) is 1.31. The summed E-state index contributed by atoms with van der Waals surface area (Å²) in [5.41, 5.74) is 1.77.